The quantitative estimate of drug-likeness (QED) is 0.440. The van der Waals surface area contributed by atoms with Gasteiger partial charge in [0, 0.05) is 34.6 Å². The van der Waals surface area contributed by atoms with Gasteiger partial charge in [-0.05, 0) is 30.3 Å². The number of benzene rings is 2. The lowest BCUT2D eigenvalue weighted by Gasteiger charge is -2.12. The van der Waals surface area contributed by atoms with Gasteiger partial charge in [-0.25, -0.2) is 4.98 Å². The molecule has 1 aliphatic heterocycles. The third-order valence-electron chi connectivity index (χ3n) is 5.19. The smallest absolute Gasteiger partial charge is 0.269 e. The molecular formula is C24H16Cl3N3O2. The fraction of sp³-hybridized carbons (Fsp3) is 0.0417. The second kappa shape index (κ2) is 9.27. The van der Waals surface area contributed by atoms with Gasteiger partial charge in [-0.2, -0.15) is 0 Å². The second-order valence-electron chi connectivity index (χ2n) is 7.14. The molecule has 0 saturated carbocycles. The Hall–Kier alpha value is -2.96. The lowest BCUT2D eigenvalue weighted by atomic mass is 10.0. The fourth-order valence-electron chi connectivity index (χ4n) is 3.68. The highest BCUT2D eigenvalue weighted by Crippen LogP contribution is 2.30. The summed E-state index contributed by atoms with van der Waals surface area (Å²) < 4.78 is 5.77. The number of carbonyl (C=O) groups is 1. The number of para-hydroxylation sites is 1. The van der Waals surface area contributed by atoms with E-state index in [0.717, 1.165) is 27.3 Å². The van der Waals surface area contributed by atoms with Crippen LogP contribution in [0.1, 0.15) is 21.8 Å². The standard InChI is InChI=1S/C24H15Cl2N3O2.ClH/c25-17-6-5-16(20(26)11-17)13-29-14-19(18-3-1-2-4-21(18)29)23(30)24-28-12-22(31-24)15-7-9-27-10-8-15;/h1-12,14H,13H2;1H. The molecule has 0 amide bonds. The lowest BCUT2D eigenvalue weighted by molar-refractivity contribution is -0.787. The normalized spacial score (nSPS) is 14.4. The molecule has 1 N–H and O–H groups in total. The summed E-state index contributed by atoms with van der Waals surface area (Å²) in [5, 5.41) is 1.19. The van der Waals surface area contributed by atoms with E-state index in [2.05, 4.69) is 9.97 Å². The van der Waals surface area contributed by atoms with Gasteiger partial charge in [-0.15, -0.1) is 0 Å². The Labute approximate surface area is 200 Å². The van der Waals surface area contributed by atoms with E-state index < -0.39 is 0 Å². The molecule has 8 heteroatoms. The van der Waals surface area contributed by atoms with Gasteiger partial charge in [0.2, 0.25) is 0 Å². The molecule has 5 nitrogen and oxygen atoms in total. The fourth-order valence-corrected chi connectivity index (χ4v) is 4.15. The molecule has 0 saturated heterocycles. The van der Waals surface area contributed by atoms with Crippen LogP contribution in [0.5, 0.6) is 0 Å². The highest BCUT2D eigenvalue weighted by molar-refractivity contribution is 6.35. The van der Waals surface area contributed by atoms with Gasteiger partial charge in [0.05, 0.1) is 22.4 Å². The summed E-state index contributed by atoms with van der Waals surface area (Å²) in [6, 6.07) is 16.9. The summed E-state index contributed by atoms with van der Waals surface area (Å²) in [5.74, 6) is 0.318. The van der Waals surface area contributed by atoms with E-state index in [4.69, 9.17) is 27.6 Å². The number of halogens is 3. The van der Waals surface area contributed by atoms with Crippen LogP contribution in [0.15, 0.2) is 83.8 Å². The van der Waals surface area contributed by atoms with Gasteiger partial charge < -0.3 is 16.8 Å². The Morgan fingerprint density at radius 1 is 1.03 bits per heavy atom. The molecule has 2 aromatic carbocycles. The van der Waals surface area contributed by atoms with Crippen LogP contribution in [0.4, 0.5) is 5.69 Å². The topological polar surface area (TPSA) is 60.4 Å². The summed E-state index contributed by atoms with van der Waals surface area (Å²) in [6.45, 7) is 0.581. The predicted molar refractivity (Wildman–Crippen MR) is 119 cm³/mol. The van der Waals surface area contributed by atoms with Crippen molar-refractivity contribution in [2.24, 2.45) is 0 Å². The van der Waals surface area contributed by atoms with Crippen molar-refractivity contribution < 1.29 is 26.5 Å². The number of allylic oxidation sites excluding steroid dienone is 1. The molecule has 1 aliphatic rings. The van der Waals surface area contributed by atoms with Crippen LogP contribution in [0.3, 0.4) is 0 Å². The molecule has 0 spiro atoms. The molecular weight excluding hydrogens is 469 g/mol. The van der Waals surface area contributed by atoms with Crippen LogP contribution in [-0.4, -0.2) is 15.8 Å². The average Bonchev–Trinajstić information content (AvgIpc) is 3.42. The van der Waals surface area contributed by atoms with Crippen LogP contribution >= 0.6 is 23.2 Å². The molecule has 4 aromatic rings. The molecule has 1 atom stereocenters. The number of oxazole rings is 1. The highest BCUT2D eigenvalue weighted by atomic mass is 35.5. The second-order valence-corrected chi connectivity index (χ2v) is 7.98. The summed E-state index contributed by atoms with van der Waals surface area (Å²) >= 11 is 12.4. The monoisotopic (exact) mass is 483 g/mol. The lowest BCUT2D eigenvalue weighted by Crippen LogP contribution is -3.00. The summed E-state index contributed by atoms with van der Waals surface area (Å²) in [5.41, 5.74) is 4.16. The molecule has 0 aliphatic carbocycles. The molecule has 2 aromatic heterocycles. The Bertz CT molecular complexity index is 1320. The Balaban J connectivity index is 0.00000245. The van der Waals surface area contributed by atoms with Gasteiger partial charge in [-0.1, -0.05) is 41.4 Å². The number of nitrogens with one attached hydrogen (secondary N) is 1. The van der Waals surface area contributed by atoms with Crippen LogP contribution in [-0.2, 0) is 6.54 Å². The highest BCUT2D eigenvalue weighted by Gasteiger charge is 2.33. The van der Waals surface area contributed by atoms with Gasteiger partial charge >= 0.3 is 0 Å². The van der Waals surface area contributed by atoms with Crippen molar-refractivity contribution in [3.05, 3.63) is 106 Å². The number of aromatic nitrogens is 2. The number of hydrogen-bond acceptors (Lipinski definition) is 4. The Morgan fingerprint density at radius 2 is 1.81 bits per heavy atom. The molecule has 3 heterocycles. The van der Waals surface area contributed by atoms with Gasteiger partial charge in [0.15, 0.2) is 5.76 Å². The van der Waals surface area contributed by atoms with E-state index in [9.17, 15) is 4.79 Å². The number of hydrogen-bond donors (Lipinski definition) is 1. The van der Waals surface area contributed by atoms with Crippen molar-refractivity contribution in [3.63, 3.8) is 0 Å². The minimum atomic E-state index is -0.259. The van der Waals surface area contributed by atoms with Crippen molar-refractivity contribution in [1.29, 1.82) is 0 Å². The van der Waals surface area contributed by atoms with E-state index in [1.54, 1.807) is 36.8 Å². The minimum Gasteiger partial charge on any atom is -1.00 e. The number of carbonyl (C=O) groups excluding carboxylic acids is 1. The third kappa shape index (κ3) is 4.20. The van der Waals surface area contributed by atoms with E-state index in [1.807, 2.05) is 42.6 Å². The number of fused-ring (bicyclic) bond motifs is 1. The van der Waals surface area contributed by atoms with Crippen molar-refractivity contribution in [2.45, 2.75) is 6.54 Å². The molecule has 160 valence electrons. The van der Waals surface area contributed by atoms with Gasteiger partial charge in [0.25, 0.3) is 11.7 Å². The SMILES string of the molecule is O=C(C1=C[NH+](Cc2ccc(Cl)cc2Cl)c2ccccc21)c1ncc(-c2ccncc2)o1.[Cl-]. The third-order valence-corrected chi connectivity index (χ3v) is 5.77. The Kier molecular flexibility index (Phi) is 6.44. The van der Waals surface area contributed by atoms with E-state index in [0.29, 0.717) is 27.9 Å². The van der Waals surface area contributed by atoms with E-state index in [1.165, 1.54) is 0 Å². The maximum absolute atomic E-state index is 13.3. The van der Waals surface area contributed by atoms with Crippen LogP contribution in [0.2, 0.25) is 10.0 Å². The van der Waals surface area contributed by atoms with Crippen molar-refractivity contribution in [3.8, 4) is 11.3 Å². The molecule has 5 rings (SSSR count). The van der Waals surface area contributed by atoms with E-state index >= 15 is 0 Å². The zero-order valence-electron chi connectivity index (χ0n) is 16.6. The van der Waals surface area contributed by atoms with Crippen molar-refractivity contribution >= 4 is 40.2 Å². The average molecular weight is 485 g/mol. The predicted octanol–water partition coefficient (Wildman–Crippen LogP) is 2.00. The first-order valence-electron chi connectivity index (χ1n) is 9.62. The molecule has 32 heavy (non-hydrogen) atoms. The number of rotatable bonds is 5. The molecule has 1 unspecified atom stereocenters. The zero-order chi connectivity index (χ0) is 21.4. The van der Waals surface area contributed by atoms with Crippen LogP contribution in [0, 0.1) is 0 Å². The number of ketones is 1. The van der Waals surface area contributed by atoms with Crippen molar-refractivity contribution in [1.82, 2.24) is 9.97 Å². The molecule has 0 fully saturated rings. The minimum absolute atomic E-state index is 0. The zero-order valence-corrected chi connectivity index (χ0v) is 18.8. The molecule has 0 radical (unpaired) electrons. The summed E-state index contributed by atoms with van der Waals surface area (Å²) in [4.78, 5) is 22.5. The van der Waals surface area contributed by atoms with Crippen LogP contribution in [0.25, 0.3) is 16.9 Å². The maximum atomic E-state index is 13.3. The maximum Gasteiger partial charge on any atom is 0.269 e. The number of quaternary nitrogens is 1. The van der Waals surface area contributed by atoms with Crippen LogP contribution < -0.4 is 17.3 Å². The van der Waals surface area contributed by atoms with Gasteiger partial charge in [0.1, 0.15) is 18.4 Å². The summed E-state index contributed by atoms with van der Waals surface area (Å²) in [6.07, 6.45) is 6.78. The first-order valence-corrected chi connectivity index (χ1v) is 10.4. The number of Topliss-reactive ketones (excluding diaryl/α,β-unsaturated/α-hetero) is 1. The number of nitrogens with zero attached hydrogens (tertiary/aromatic N) is 2. The largest absolute Gasteiger partial charge is 1.00 e. The Morgan fingerprint density at radius 3 is 2.59 bits per heavy atom. The summed E-state index contributed by atoms with van der Waals surface area (Å²) in [7, 11) is 0. The van der Waals surface area contributed by atoms with Crippen molar-refractivity contribution in [2.75, 3.05) is 0 Å². The van der Waals surface area contributed by atoms with E-state index in [-0.39, 0.29) is 24.1 Å². The van der Waals surface area contributed by atoms with Gasteiger partial charge in [-0.3, -0.25) is 14.7 Å². The molecule has 0 bridgehead atoms. The first kappa shape index (κ1) is 22.2. The first-order chi connectivity index (χ1) is 15.1. The number of pyridine rings is 1.